The summed E-state index contributed by atoms with van der Waals surface area (Å²) in [6.07, 6.45) is 7.11. The molecule has 7 heteroatoms. The molecule has 0 aliphatic heterocycles. The highest BCUT2D eigenvalue weighted by Gasteiger charge is 1.96. The SMILES string of the molecule is COc1cccc(-n2cccn2)c1.COc1cccc(I)c1.c1cn[nH]c1. The van der Waals surface area contributed by atoms with Gasteiger partial charge in [-0.15, -0.1) is 0 Å². The van der Waals surface area contributed by atoms with Gasteiger partial charge in [-0.3, -0.25) is 5.10 Å². The van der Waals surface area contributed by atoms with Crippen LogP contribution in [0.1, 0.15) is 0 Å². The average molecular weight is 476 g/mol. The van der Waals surface area contributed by atoms with Crippen molar-refractivity contribution in [3.63, 3.8) is 0 Å². The number of halogens is 1. The van der Waals surface area contributed by atoms with E-state index >= 15 is 0 Å². The molecule has 0 saturated heterocycles. The highest BCUT2D eigenvalue weighted by molar-refractivity contribution is 14.1. The normalized spacial score (nSPS) is 9.30. The molecule has 27 heavy (non-hydrogen) atoms. The third-order valence-corrected chi connectivity index (χ3v) is 3.93. The molecule has 2 aromatic carbocycles. The molecule has 6 nitrogen and oxygen atoms in total. The fraction of sp³-hybridized carbons (Fsp3) is 0.100. The second-order valence-corrected chi connectivity index (χ2v) is 6.33. The second-order valence-electron chi connectivity index (χ2n) is 5.08. The van der Waals surface area contributed by atoms with Gasteiger partial charge in [-0.25, -0.2) is 4.68 Å². The zero-order valence-corrected chi connectivity index (χ0v) is 17.3. The number of benzene rings is 2. The van der Waals surface area contributed by atoms with Crippen molar-refractivity contribution in [2.75, 3.05) is 14.2 Å². The maximum absolute atomic E-state index is 5.11. The number of aromatic amines is 1. The van der Waals surface area contributed by atoms with E-state index in [1.54, 1.807) is 37.5 Å². The smallest absolute Gasteiger partial charge is 0.121 e. The van der Waals surface area contributed by atoms with E-state index in [1.807, 2.05) is 66.9 Å². The van der Waals surface area contributed by atoms with E-state index in [4.69, 9.17) is 9.47 Å². The Hall–Kier alpha value is -2.81. The van der Waals surface area contributed by atoms with Crippen LogP contribution in [-0.2, 0) is 0 Å². The Labute approximate surface area is 172 Å². The molecule has 0 aliphatic carbocycles. The number of hydrogen-bond acceptors (Lipinski definition) is 4. The zero-order valence-electron chi connectivity index (χ0n) is 15.1. The lowest BCUT2D eigenvalue weighted by Gasteiger charge is -2.03. The summed E-state index contributed by atoms with van der Waals surface area (Å²) in [5.74, 6) is 1.76. The standard InChI is InChI=1S/C10H10N2O.C7H7IO.C3H4N2/c1-13-10-5-2-4-9(8-10)12-7-3-6-11-12;1-9-7-4-2-3-6(8)5-7;1-2-4-5-3-1/h2-8H,1H3;2-5H,1H3;1-3H,(H,4,5). The van der Waals surface area contributed by atoms with Crippen molar-refractivity contribution in [1.29, 1.82) is 0 Å². The largest absolute Gasteiger partial charge is 0.497 e. The molecule has 0 unspecified atom stereocenters. The molecule has 140 valence electrons. The fourth-order valence-corrected chi connectivity index (χ4v) is 2.50. The van der Waals surface area contributed by atoms with E-state index in [-0.39, 0.29) is 0 Å². The molecule has 0 amide bonds. The highest BCUT2D eigenvalue weighted by atomic mass is 127. The molecule has 0 spiro atoms. The van der Waals surface area contributed by atoms with Gasteiger partial charge in [0.25, 0.3) is 0 Å². The number of nitrogens with one attached hydrogen (secondary N) is 1. The first-order valence-electron chi connectivity index (χ1n) is 8.10. The highest BCUT2D eigenvalue weighted by Crippen LogP contribution is 2.15. The van der Waals surface area contributed by atoms with Crippen molar-refractivity contribution in [3.8, 4) is 17.2 Å². The van der Waals surface area contributed by atoms with Crippen LogP contribution in [0.15, 0.2) is 85.5 Å². The third kappa shape index (κ3) is 7.53. The summed E-state index contributed by atoms with van der Waals surface area (Å²) in [7, 11) is 3.33. The van der Waals surface area contributed by atoms with Gasteiger partial charge in [0.2, 0.25) is 0 Å². The maximum Gasteiger partial charge on any atom is 0.121 e. The molecule has 2 heterocycles. The predicted molar refractivity (Wildman–Crippen MR) is 114 cm³/mol. The van der Waals surface area contributed by atoms with Crippen LogP contribution in [0.25, 0.3) is 5.69 Å². The molecule has 0 bridgehead atoms. The molecule has 4 aromatic rings. The number of rotatable bonds is 3. The van der Waals surface area contributed by atoms with Crippen LogP contribution < -0.4 is 9.47 Å². The number of nitrogens with zero attached hydrogens (tertiary/aromatic N) is 3. The van der Waals surface area contributed by atoms with Gasteiger partial charge >= 0.3 is 0 Å². The fourth-order valence-electron chi connectivity index (χ4n) is 1.98. The minimum absolute atomic E-state index is 0.841. The van der Waals surface area contributed by atoms with Crippen molar-refractivity contribution in [2.24, 2.45) is 0 Å². The lowest BCUT2D eigenvalue weighted by atomic mass is 10.3. The van der Waals surface area contributed by atoms with Crippen molar-refractivity contribution >= 4 is 22.6 Å². The summed E-state index contributed by atoms with van der Waals surface area (Å²) >= 11 is 2.25. The zero-order chi connectivity index (χ0) is 19.3. The monoisotopic (exact) mass is 476 g/mol. The molecule has 2 aromatic heterocycles. The summed E-state index contributed by atoms with van der Waals surface area (Å²) < 4.78 is 13.1. The van der Waals surface area contributed by atoms with Gasteiger partial charge in [0.1, 0.15) is 11.5 Å². The summed E-state index contributed by atoms with van der Waals surface area (Å²) in [6, 6.07) is 19.4. The molecule has 0 saturated carbocycles. The molecule has 0 atom stereocenters. The Morgan fingerprint density at radius 1 is 0.889 bits per heavy atom. The van der Waals surface area contributed by atoms with Gasteiger partial charge in [-0.1, -0.05) is 12.1 Å². The van der Waals surface area contributed by atoms with E-state index in [0.717, 1.165) is 17.2 Å². The number of hydrogen-bond donors (Lipinski definition) is 1. The first-order chi connectivity index (χ1) is 13.2. The van der Waals surface area contributed by atoms with E-state index in [9.17, 15) is 0 Å². The first kappa shape index (κ1) is 20.5. The van der Waals surface area contributed by atoms with Gasteiger partial charge in [0.15, 0.2) is 0 Å². The Bertz CT molecular complexity index is 863. The van der Waals surface area contributed by atoms with Crippen LogP contribution in [0.4, 0.5) is 0 Å². The Balaban J connectivity index is 0.000000161. The summed E-state index contributed by atoms with van der Waals surface area (Å²) in [5, 5.41) is 10.3. The molecule has 0 fully saturated rings. The molecular formula is C20H21IN4O2. The lowest BCUT2D eigenvalue weighted by molar-refractivity contribution is 0.414. The van der Waals surface area contributed by atoms with E-state index < -0.39 is 0 Å². The molecular weight excluding hydrogens is 455 g/mol. The van der Waals surface area contributed by atoms with Gasteiger partial charge in [-0.2, -0.15) is 10.2 Å². The quantitative estimate of drug-likeness (QED) is 0.440. The van der Waals surface area contributed by atoms with Crippen LogP contribution in [0, 0.1) is 3.57 Å². The van der Waals surface area contributed by atoms with Gasteiger partial charge in [0.05, 0.1) is 19.9 Å². The first-order valence-corrected chi connectivity index (χ1v) is 9.18. The van der Waals surface area contributed by atoms with Crippen molar-refractivity contribution in [3.05, 3.63) is 89.0 Å². The van der Waals surface area contributed by atoms with E-state index in [2.05, 4.69) is 37.9 Å². The molecule has 0 radical (unpaired) electrons. The minimum atomic E-state index is 0.841. The third-order valence-electron chi connectivity index (χ3n) is 3.26. The average Bonchev–Trinajstić information content (AvgIpc) is 3.45. The molecule has 0 aliphatic rings. The molecule has 1 N–H and O–H groups in total. The number of H-pyrrole nitrogens is 1. The van der Waals surface area contributed by atoms with Crippen molar-refractivity contribution < 1.29 is 9.47 Å². The van der Waals surface area contributed by atoms with Crippen molar-refractivity contribution in [2.45, 2.75) is 0 Å². The Kier molecular flexibility index (Phi) is 8.91. The van der Waals surface area contributed by atoms with Crippen LogP contribution in [-0.4, -0.2) is 34.2 Å². The maximum atomic E-state index is 5.11. The summed E-state index contributed by atoms with van der Waals surface area (Å²) in [6.45, 7) is 0. The van der Waals surface area contributed by atoms with E-state index in [1.165, 1.54) is 3.57 Å². The number of ether oxygens (including phenoxy) is 2. The van der Waals surface area contributed by atoms with Gasteiger partial charge < -0.3 is 9.47 Å². The summed E-state index contributed by atoms with van der Waals surface area (Å²) in [5.41, 5.74) is 1.00. The Morgan fingerprint density at radius 3 is 2.11 bits per heavy atom. The van der Waals surface area contributed by atoms with Crippen molar-refractivity contribution in [1.82, 2.24) is 20.0 Å². The molecule has 4 rings (SSSR count). The van der Waals surface area contributed by atoms with Crippen LogP contribution in [0.3, 0.4) is 0 Å². The van der Waals surface area contributed by atoms with Crippen LogP contribution >= 0.6 is 22.6 Å². The second kappa shape index (κ2) is 11.7. The van der Waals surface area contributed by atoms with Crippen LogP contribution in [0.2, 0.25) is 0 Å². The summed E-state index contributed by atoms with van der Waals surface area (Å²) in [4.78, 5) is 0. The topological polar surface area (TPSA) is 65.0 Å². The lowest BCUT2D eigenvalue weighted by Crippen LogP contribution is -1.94. The van der Waals surface area contributed by atoms with Gasteiger partial charge in [-0.05, 0) is 65.1 Å². The van der Waals surface area contributed by atoms with Crippen LogP contribution in [0.5, 0.6) is 11.5 Å². The number of aromatic nitrogens is 4. The Morgan fingerprint density at radius 2 is 1.63 bits per heavy atom. The number of methoxy groups -OCH3 is 2. The minimum Gasteiger partial charge on any atom is -0.497 e. The van der Waals surface area contributed by atoms with E-state index in [0.29, 0.717) is 0 Å². The van der Waals surface area contributed by atoms with Gasteiger partial charge in [0, 0.05) is 34.4 Å². The predicted octanol–water partition coefficient (Wildman–Crippen LogP) is 4.59.